The highest BCUT2D eigenvalue weighted by molar-refractivity contribution is 7.98. The Balaban J connectivity index is 2.62. The fraction of sp³-hybridized carbons (Fsp3) is 0.375. The molecule has 0 saturated heterocycles. The van der Waals surface area contributed by atoms with Gasteiger partial charge in [0.05, 0.1) is 7.11 Å². The summed E-state index contributed by atoms with van der Waals surface area (Å²) >= 11 is 1.62. The molecule has 1 aromatic rings. The van der Waals surface area contributed by atoms with Crippen LogP contribution in [0.4, 0.5) is 0 Å². The van der Waals surface area contributed by atoms with Crippen LogP contribution in [-0.2, 0) is 14.3 Å². The second kappa shape index (κ2) is 9.23. The van der Waals surface area contributed by atoms with E-state index in [1.54, 1.807) is 17.8 Å². The molecule has 0 spiro atoms. The maximum Gasteiger partial charge on any atom is 0.328 e. The molecule has 0 heterocycles. The number of carbonyl (C=O) groups excluding carboxylic acids is 2. The van der Waals surface area contributed by atoms with Crippen molar-refractivity contribution in [3.05, 3.63) is 41.5 Å². The number of methoxy groups -OCH3 is 1. The average molecular weight is 307 g/mol. The molecular formula is C16H21NO3S. The predicted octanol–water partition coefficient (Wildman–Crippen LogP) is 2.42. The van der Waals surface area contributed by atoms with Gasteiger partial charge >= 0.3 is 5.97 Å². The lowest BCUT2D eigenvalue weighted by molar-refractivity contribution is -0.144. The monoisotopic (exact) mass is 307 g/mol. The second-order valence-electron chi connectivity index (χ2n) is 4.61. The van der Waals surface area contributed by atoms with E-state index < -0.39 is 12.0 Å². The zero-order valence-corrected chi connectivity index (χ0v) is 13.4. The molecule has 1 atom stereocenters. The first kappa shape index (κ1) is 17.3. The summed E-state index contributed by atoms with van der Waals surface area (Å²) in [5.41, 5.74) is 2.08. The highest BCUT2D eigenvalue weighted by Gasteiger charge is 2.19. The topological polar surface area (TPSA) is 55.4 Å². The fourth-order valence-corrected chi connectivity index (χ4v) is 2.26. The van der Waals surface area contributed by atoms with E-state index in [1.165, 1.54) is 13.2 Å². The second-order valence-corrected chi connectivity index (χ2v) is 5.60. The van der Waals surface area contributed by atoms with Crippen LogP contribution in [0.15, 0.2) is 30.3 Å². The van der Waals surface area contributed by atoms with Gasteiger partial charge in [0.15, 0.2) is 0 Å². The summed E-state index contributed by atoms with van der Waals surface area (Å²) in [7, 11) is 1.32. The van der Waals surface area contributed by atoms with Crippen molar-refractivity contribution in [3.8, 4) is 0 Å². The zero-order valence-electron chi connectivity index (χ0n) is 12.6. The quantitative estimate of drug-likeness (QED) is 0.621. The van der Waals surface area contributed by atoms with Crippen LogP contribution in [0.25, 0.3) is 6.08 Å². The Morgan fingerprint density at radius 2 is 2.19 bits per heavy atom. The molecule has 0 fully saturated rings. The van der Waals surface area contributed by atoms with E-state index in [9.17, 15) is 9.59 Å². The van der Waals surface area contributed by atoms with Crippen molar-refractivity contribution in [3.63, 3.8) is 0 Å². The lowest BCUT2D eigenvalue weighted by Crippen LogP contribution is -2.41. The number of benzene rings is 1. The molecule has 4 nitrogen and oxygen atoms in total. The molecule has 1 rings (SSSR count). The van der Waals surface area contributed by atoms with Gasteiger partial charge in [-0.1, -0.05) is 29.8 Å². The van der Waals surface area contributed by atoms with Gasteiger partial charge < -0.3 is 10.1 Å². The Kier molecular flexibility index (Phi) is 7.61. The van der Waals surface area contributed by atoms with E-state index in [1.807, 2.05) is 37.4 Å². The van der Waals surface area contributed by atoms with Crippen molar-refractivity contribution in [2.75, 3.05) is 19.1 Å². The van der Waals surface area contributed by atoms with Crippen LogP contribution in [0.3, 0.4) is 0 Å². The van der Waals surface area contributed by atoms with Crippen molar-refractivity contribution in [2.24, 2.45) is 0 Å². The molecule has 21 heavy (non-hydrogen) atoms. The molecule has 1 amide bonds. The highest BCUT2D eigenvalue weighted by Crippen LogP contribution is 2.06. The van der Waals surface area contributed by atoms with Crippen molar-refractivity contribution < 1.29 is 14.3 Å². The molecule has 0 radical (unpaired) electrons. The van der Waals surface area contributed by atoms with Gasteiger partial charge in [-0.05, 0) is 37.0 Å². The SMILES string of the molecule is COC(=O)[C@@H](CCSC)NC(=O)/C=C/c1cccc(C)c1. The van der Waals surface area contributed by atoms with Gasteiger partial charge in [-0.2, -0.15) is 11.8 Å². The number of rotatable bonds is 7. The summed E-state index contributed by atoms with van der Waals surface area (Å²) in [6, 6.07) is 7.23. The molecule has 0 saturated carbocycles. The third-order valence-corrected chi connectivity index (χ3v) is 3.53. The maximum atomic E-state index is 11.9. The summed E-state index contributed by atoms with van der Waals surface area (Å²) in [6.07, 6.45) is 5.67. The molecule has 0 unspecified atom stereocenters. The van der Waals surface area contributed by atoms with E-state index in [-0.39, 0.29) is 5.91 Å². The van der Waals surface area contributed by atoms with Crippen LogP contribution >= 0.6 is 11.8 Å². The Bertz CT molecular complexity index is 514. The van der Waals surface area contributed by atoms with Gasteiger partial charge in [-0.3, -0.25) is 4.79 Å². The van der Waals surface area contributed by atoms with Gasteiger partial charge in [0.2, 0.25) is 5.91 Å². The molecule has 114 valence electrons. The maximum absolute atomic E-state index is 11.9. The minimum Gasteiger partial charge on any atom is -0.467 e. The summed E-state index contributed by atoms with van der Waals surface area (Å²) in [5.74, 6) is 0.0659. The van der Waals surface area contributed by atoms with Crippen LogP contribution in [-0.4, -0.2) is 37.0 Å². The molecular weight excluding hydrogens is 286 g/mol. The van der Waals surface area contributed by atoms with Gasteiger partial charge in [0, 0.05) is 6.08 Å². The lowest BCUT2D eigenvalue weighted by Gasteiger charge is -2.14. The molecule has 0 aliphatic heterocycles. The van der Waals surface area contributed by atoms with E-state index in [0.717, 1.165) is 16.9 Å². The summed E-state index contributed by atoms with van der Waals surface area (Å²) in [4.78, 5) is 23.5. The standard InChI is InChI=1S/C16H21NO3S/c1-12-5-4-6-13(11-12)7-8-15(18)17-14(9-10-21-3)16(19)20-2/h4-8,11,14H,9-10H2,1-3H3,(H,17,18)/b8-7+/t14-/m1/s1. The molecule has 1 N–H and O–H groups in total. The Labute approximate surface area is 130 Å². The van der Waals surface area contributed by atoms with Crippen LogP contribution in [0.5, 0.6) is 0 Å². The largest absolute Gasteiger partial charge is 0.467 e. The summed E-state index contributed by atoms with van der Waals surface area (Å²) < 4.78 is 4.70. The Hall–Kier alpha value is -1.75. The van der Waals surface area contributed by atoms with E-state index in [4.69, 9.17) is 4.74 Å². The smallest absolute Gasteiger partial charge is 0.328 e. The van der Waals surface area contributed by atoms with E-state index >= 15 is 0 Å². The van der Waals surface area contributed by atoms with Crippen LogP contribution in [0, 0.1) is 6.92 Å². The number of nitrogens with one attached hydrogen (secondary N) is 1. The first-order chi connectivity index (χ1) is 10.1. The number of esters is 1. The molecule has 1 aromatic carbocycles. The van der Waals surface area contributed by atoms with Gasteiger partial charge in [0.25, 0.3) is 0 Å². The third-order valence-electron chi connectivity index (χ3n) is 2.88. The van der Waals surface area contributed by atoms with E-state index in [0.29, 0.717) is 6.42 Å². The lowest BCUT2D eigenvalue weighted by atomic mass is 10.1. The first-order valence-electron chi connectivity index (χ1n) is 6.69. The number of thioether (sulfide) groups is 1. The predicted molar refractivity (Wildman–Crippen MR) is 87.2 cm³/mol. The van der Waals surface area contributed by atoms with E-state index in [2.05, 4.69) is 5.32 Å². The van der Waals surface area contributed by atoms with Crippen molar-refractivity contribution >= 4 is 29.7 Å². The van der Waals surface area contributed by atoms with Crippen LogP contribution in [0.2, 0.25) is 0 Å². The summed E-state index contributed by atoms with van der Waals surface area (Å²) in [5, 5.41) is 2.67. The normalized spacial score (nSPS) is 12.1. The minimum atomic E-state index is -0.600. The first-order valence-corrected chi connectivity index (χ1v) is 8.08. The molecule has 0 aliphatic rings. The fourth-order valence-electron chi connectivity index (χ4n) is 1.79. The summed E-state index contributed by atoms with van der Waals surface area (Å²) in [6.45, 7) is 1.99. The number of hydrogen-bond acceptors (Lipinski definition) is 4. The van der Waals surface area contributed by atoms with Gasteiger partial charge in [0.1, 0.15) is 6.04 Å². The minimum absolute atomic E-state index is 0.298. The van der Waals surface area contributed by atoms with Crippen molar-refractivity contribution in [1.29, 1.82) is 0 Å². The Morgan fingerprint density at radius 3 is 2.81 bits per heavy atom. The third kappa shape index (κ3) is 6.49. The number of aryl methyl sites for hydroxylation is 1. The zero-order chi connectivity index (χ0) is 15.7. The molecule has 0 bridgehead atoms. The molecule has 5 heteroatoms. The number of hydrogen-bond donors (Lipinski definition) is 1. The van der Waals surface area contributed by atoms with Crippen molar-refractivity contribution in [2.45, 2.75) is 19.4 Å². The Morgan fingerprint density at radius 1 is 1.43 bits per heavy atom. The number of amides is 1. The van der Waals surface area contributed by atoms with Crippen LogP contribution in [0.1, 0.15) is 17.5 Å². The average Bonchev–Trinajstić information content (AvgIpc) is 2.48. The van der Waals surface area contributed by atoms with Gasteiger partial charge in [-0.25, -0.2) is 4.79 Å². The van der Waals surface area contributed by atoms with Crippen molar-refractivity contribution in [1.82, 2.24) is 5.32 Å². The molecule has 0 aliphatic carbocycles. The van der Waals surface area contributed by atoms with Gasteiger partial charge in [-0.15, -0.1) is 0 Å². The number of carbonyl (C=O) groups is 2. The van der Waals surface area contributed by atoms with Crippen LogP contribution < -0.4 is 5.32 Å². The number of ether oxygens (including phenoxy) is 1. The molecule has 0 aromatic heterocycles. The highest BCUT2D eigenvalue weighted by atomic mass is 32.2.